The number of ketones is 1. The molecule has 1 aromatic heterocycles. The van der Waals surface area contributed by atoms with Crippen LogP contribution >= 0.6 is 0 Å². The fraction of sp³-hybridized carbons (Fsp3) is 0.409. The molecule has 29 heavy (non-hydrogen) atoms. The summed E-state index contributed by atoms with van der Waals surface area (Å²) in [5, 5.41) is 0. The Hall–Kier alpha value is -3.09. The van der Waals surface area contributed by atoms with Gasteiger partial charge in [-0.25, -0.2) is 4.79 Å². The fourth-order valence-electron chi connectivity index (χ4n) is 3.30. The summed E-state index contributed by atoms with van der Waals surface area (Å²) in [4.78, 5) is 42.4. The lowest BCUT2D eigenvalue weighted by Crippen LogP contribution is -2.38. The molecule has 1 heterocycles. The number of nitrogens with zero attached hydrogens (tertiary/aromatic N) is 1. The van der Waals surface area contributed by atoms with Gasteiger partial charge in [-0.05, 0) is 49.6 Å². The molecule has 0 saturated carbocycles. The van der Waals surface area contributed by atoms with Gasteiger partial charge in [-0.15, -0.1) is 0 Å². The minimum absolute atomic E-state index is 0.0802. The number of H-pyrrole nitrogens is 1. The first-order chi connectivity index (χ1) is 13.7. The monoisotopic (exact) mass is 400 g/mol. The third kappa shape index (κ3) is 5.04. The summed E-state index contributed by atoms with van der Waals surface area (Å²) in [6, 6.07) is 6.79. The zero-order valence-corrected chi connectivity index (χ0v) is 17.8. The van der Waals surface area contributed by atoms with E-state index in [1.807, 2.05) is 13.8 Å². The molecular weight excluding hydrogens is 372 g/mol. The largest absolute Gasteiger partial charge is 0.497 e. The molecule has 0 spiro atoms. The highest BCUT2D eigenvalue weighted by atomic mass is 16.5. The second-order valence-corrected chi connectivity index (χ2v) is 7.35. The van der Waals surface area contributed by atoms with Crippen molar-refractivity contribution in [2.24, 2.45) is 5.92 Å². The average molecular weight is 400 g/mol. The zero-order valence-electron chi connectivity index (χ0n) is 17.8. The second-order valence-electron chi connectivity index (χ2n) is 7.35. The first kappa shape index (κ1) is 22.2. The molecule has 0 radical (unpaired) electrons. The van der Waals surface area contributed by atoms with Crippen molar-refractivity contribution in [3.8, 4) is 5.75 Å². The first-order valence-electron chi connectivity index (χ1n) is 9.43. The number of esters is 1. The molecule has 1 N–H and O–H groups in total. The minimum atomic E-state index is -0.530. The number of amides is 1. The van der Waals surface area contributed by atoms with Crippen LogP contribution in [-0.2, 0) is 4.74 Å². The van der Waals surface area contributed by atoms with Gasteiger partial charge in [0.05, 0.1) is 20.8 Å². The van der Waals surface area contributed by atoms with Gasteiger partial charge in [0.2, 0.25) is 0 Å². The van der Waals surface area contributed by atoms with Crippen molar-refractivity contribution in [2.45, 2.75) is 27.7 Å². The topological polar surface area (TPSA) is 88.7 Å². The SMILES string of the molecule is COC(=O)c1[nH]c(C)c(C(=O)CN(CC(C)C)C(=O)c2ccc(OC)cc2)c1C. The normalized spacial score (nSPS) is 10.7. The molecule has 0 fully saturated rings. The first-order valence-corrected chi connectivity index (χ1v) is 9.43. The number of ether oxygens (including phenoxy) is 2. The summed E-state index contributed by atoms with van der Waals surface area (Å²) in [5.41, 5.74) is 2.26. The van der Waals surface area contributed by atoms with Crippen LogP contribution in [0.4, 0.5) is 0 Å². The van der Waals surface area contributed by atoms with Gasteiger partial charge < -0.3 is 19.4 Å². The van der Waals surface area contributed by atoms with Crippen LogP contribution in [-0.4, -0.2) is 54.9 Å². The Morgan fingerprint density at radius 3 is 2.21 bits per heavy atom. The lowest BCUT2D eigenvalue weighted by molar-refractivity contribution is 0.0593. The third-order valence-electron chi connectivity index (χ3n) is 4.65. The van der Waals surface area contributed by atoms with Crippen molar-refractivity contribution in [3.63, 3.8) is 0 Å². The number of rotatable bonds is 8. The Morgan fingerprint density at radius 1 is 1.07 bits per heavy atom. The number of carbonyl (C=O) groups excluding carboxylic acids is 3. The quantitative estimate of drug-likeness (QED) is 0.542. The van der Waals surface area contributed by atoms with Gasteiger partial charge in [-0.2, -0.15) is 0 Å². The molecule has 0 unspecified atom stereocenters. The highest BCUT2D eigenvalue weighted by Crippen LogP contribution is 2.21. The van der Waals surface area contributed by atoms with E-state index < -0.39 is 5.97 Å². The molecule has 1 aromatic carbocycles. The summed E-state index contributed by atoms with van der Waals surface area (Å²) in [6.07, 6.45) is 0. The number of aromatic amines is 1. The van der Waals surface area contributed by atoms with Crippen LogP contribution < -0.4 is 4.74 Å². The molecule has 0 bridgehead atoms. The molecule has 0 aliphatic rings. The van der Waals surface area contributed by atoms with E-state index in [2.05, 4.69) is 4.98 Å². The molecule has 0 aliphatic carbocycles. The number of nitrogens with one attached hydrogen (secondary N) is 1. The van der Waals surface area contributed by atoms with Crippen LogP contribution in [0.2, 0.25) is 0 Å². The molecule has 0 atom stereocenters. The predicted molar refractivity (Wildman–Crippen MR) is 110 cm³/mol. The Labute approximate surface area is 171 Å². The number of hydrogen-bond acceptors (Lipinski definition) is 5. The number of hydrogen-bond donors (Lipinski definition) is 1. The number of Topliss-reactive ketones (excluding diaryl/α,β-unsaturated/α-hetero) is 1. The lowest BCUT2D eigenvalue weighted by Gasteiger charge is -2.24. The van der Waals surface area contributed by atoms with Gasteiger partial charge in [0.25, 0.3) is 5.91 Å². The minimum Gasteiger partial charge on any atom is -0.497 e. The summed E-state index contributed by atoms with van der Waals surface area (Å²) in [5.74, 6) is -0.147. The van der Waals surface area contributed by atoms with Gasteiger partial charge in [-0.1, -0.05) is 13.8 Å². The Kier molecular flexibility index (Phi) is 7.20. The van der Waals surface area contributed by atoms with E-state index in [1.165, 1.54) is 7.11 Å². The third-order valence-corrected chi connectivity index (χ3v) is 4.65. The maximum Gasteiger partial charge on any atom is 0.354 e. The fourth-order valence-corrected chi connectivity index (χ4v) is 3.30. The van der Waals surface area contributed by atoms with E-state index >= 15 is 0 Å². The van der Waals surface area contributed by atoms with Gasteiger partial charge in [-0.3, -0.25) is 9.59 Å². The molecule has 2 aromatic rings. The molecule has 0 saturated heterocycles. The molecule has 156 valence electrons. The molecular formula is C22H28N2O5. The highest BCUT2D eigenvalue weighted by molar-refractivity contribution is 6.05. The number of benzene rings is 1. The summed E-state index contributed by atoms with van der Waals surface area (Å²) in [6.45, 7) is 7.75. The zero-order chi connectivity index (χ0) is 21.7. The van der Waals surface area contributed by atoms with Crippen LogP contribution in [0.25, 0.3) is 0 Å². The number of methoxy groups -OCH3 is 2. The van der Waals surface area contributed by atoms with E-state index in [4.69, 9.17) is 9.47 Å². The van der Waals surface area contributed by atoms with Gasteiger partial charge in [0.15, 0.2) is 5.78 Å². The van der Waals surface area contributed by atoms with Gasteiger partial charge >= 0.3 is 5.97 Å². The lowest BCUT2D eigenvalue weighted by atomic mass is 10.0. The van der Waals surface area contributed by atoms with Gasteiger partial charge in [0.1, 0.15) is 11.4 Å². The van der Waals surface area contributed by atoms with E-state index in [-0.39, 0.29) is 29.8 Å². The molecule has 0 aliphatic heterocycles. The van der Waals surface area contributed by atoms with E-state index in [0.717, 1.165) is 0 Å². The Morgan fingerprint density at radius 2 is 1.69 bits per heavy atom. The van der Waals surface area contributed by atoms with Crippen LogP contribution in [0.3, 0.4) is 0 Å². The van der Waals surface area contributed by atoms with Crippen LogP contribution in [0.5, 0.6) is 5.75 Å². The van der Waals surface area contributed by atoms with Gasteiger partial charge in [0, 0.05) is 23.4 Å². The van der Waals surface area contributed by atoms with Crippen molar-refractivity contribution >= 4 is 17.7 Å². The average Bonchev–Trinajstić information content (AvgIpc) is 3.00. The molecule has 1 amide bonds. The van der Waals surface area contributed by atoms with Crippen molar-refractivity contribution < 1.29 is 23.9 Å². The van der Waals surface area contributed by atoms with Crippen molar-refractivity contribution in [1.29, 1.82) is 0 Å². The maximum atomic E-state index is 13.1. The van der Waals surface area contributed by atoms with Crippen LogP contribution in [0.1, 0.15) is 56.3 Å². The molecule has 7 nitrogen and oxygen atoms in total. The smallest absolute Gasteiger partial charge is 0.354 e. The number of carbonyl (C=O) groups is 3. The van der Waals surface area contributed by atoms with E-state index in [9.17, 15) is 14.4 Å². The summed E-state index contributed by atoms with van der Waals surface area (Å²) < 4.78 is 9.89. The van der Waals surface area contributed by atoms with Crippen molar-refractivity contribution in [3.05, 3.63) is 52.3 Å². The standard InChI is InChI=1S/C22H28N2O5/c1-13(2)11-24(21(26)16-7-9-17(28-5)10-8-16)12-18(25)19-14(3)20(22(27)29-6)23-15(19)4/h7-10,13,23H,11-12H2,1-6H3. The second kappa shape index (κ2) is 9.41. The van der Waals surface area contributed by atoms with Crippen LogP contribution in [0, 0.1) is 19.8 Å². The number of aryl methyl sites for hydroxylation is 1. The Bertz CT molecular complexity index is 897. The summed E-state index contributed by atoms with van der Waals surface area (Å²) >= 11 is 0. The summed E-state index contributed by atoms with van der Waals surface area (Å²) in [7, 11) is 2.85. The molecule has 7 heteroatoms. The van der Waals surface area contributed by atoms with E-state index in [1.54, 1.807) is 50.1 Å². The van der Waals surface area contributed by atoms with Crippen molar-refractivity contribution in [1.82, 2.24) is 9.88 Å². The van der Waals surface area contributed by atoms with Crippen molar-refractivity contribution in [2.75, 3.05) is 27.3 Å². The van der Waals surface area contributed by atoms with E-state index in [0.29, 0.717) is 34.7 Å². The molecule has 2 rings (SSSR count). The Balaban J connectivity index is 2.30. The number of aromatic nitrogens is 1. The predicted octanol–water partition coefficient (Wildman–Crippen LogP) is 3.41. The maximum absolute atomic E-state index is 13.1. The highest BCUT2D eigenvalue weighted by Gasteiger charge is 2.26. The van der Waals surface area contributed by atoms with Crippen LogP contribution in [0.15, 0.2) is 24.3 Å².